The summed E-state index contributed by atoms with van der Waals surface area (Å²) in [6, 6.07) is 6.16. The van der Waals surface area contributed by atoms with Crippen LogP contribution in [0.3, 0.4) is 0 Å². The molecule has 4 fully saturated rings. The molecule has 2 bridgehead atoms. The highest BCUT2D eigenvalue weighted by Gasteiger charge is 2.67. The standard InChI is InChI=1S/C22H29BO4/c1-20(2)16-11-17(20)22(5)18(12-16)26-23(27-22)10-9-14-7-6-8-15-13-24-21(3,4)25-19(14)15/h6-10,16-18H,11-13H2,1-5H3/b10-9-/t16?,17?,18?,22-/m0/s1. The molecule has 3 aliphatic carbocycles. The average molecular weight is 368 g/mol. The average Bonchev–Trinajstić information content (AvgIpc) is 2.95. The van der Waals surface area contributed by atoms with Crippen molar-refractivity contribution in [1.82, 2.24) is 0 Å². The molecule has 0 N–H and O–H groups in total. The highest BCUT2D eigenvalue weighted by molar-refractivity contribution is 6.52. The second-order valence-electron chi connectivity index (χ2n) is 9.82. The second kappa shape index (κ2) is 5.62. The van der Waals surface area contributed by atoms with E-state index in [1.54, 1.807) is 0 Å². The van der Waals surface area contributed by atoms with Crippen molar-refractivity contribution in [2.45, 2.75) is 71.6 Å². The number of rotatable bonds is 2. The first-order valence-corrected chi connectivity index (χ1v) is 10.2. The molecule has 27 heavy (non-hydrogen) atoms. The fraction of sp³-hybridized carbons (Fsp3) is 0.636. The summed E-state index contributed by atoms with van der Waals surface area (Å²) in [5.74, 6) is 3.68. The molecule has 2 aliphatic heterocycles. The van der Waals surface area contributed by atoms with Gasteiger partial charge in [-0.15, -0.1) is 0 Å². The molecular weight excluding hydrogens is 339 g/mol. The summed E-state index contributed by atoms with van der Waals surface area (Å²) in [5.41, 5.74) is 2.31. The fourth-order valence-corrected chi connectivity index (χ4v) is 5.66. The van der Waals surface area contributed by atoms with Gasteiger partial charge in [-0.1, -0.05) is 44.1 Å². The van der Waals surface area contributed by atoms with Crippen LogP contribution in [0.4, 0.5) is 0 Å². The topological polar surface area (TPSA) is 36.9 Å². The van der Waals surface area contributed by atoms with Gasteiger partial charge >= 0.3 is 7.12 Å². The number of para-hydroxylation sites is 1. The number of hydrogen-bond donors (Lipinski definition) is 0. The highest BCUT2D eigenvalue weighted by atomic mass is 16.7. The summed E-state index contributed by atoms with van der Waals surface area (Å²) in [4.78, 5) is 0. The van der Waals surface area contributed by atoms with Crippen molar-refractivity contribution >= 4 is 13.2 Å². The molecule has 2 heterocycles. The van der Waals surface area contributed by atoms with Crippen molar-refractivity contribution in [2.75, 3.05) is 0 Å². The monoisotopic (exact) mass is 368 g/mol. The minimum absolute atomic E-state index is 0.171. The van der Waals surface area contributed by atoms with E-state index in [1.165, 1.54) is 6.42 Å². The summed E-state index contributed by atoms with van der Waals surface area (Å²) in [7, 11) is -0.293. The Morgan fingerprint density at radius 2 is 1.93 bits per heavy atom. The van der Waals surface area contributed by atoms with Crippen molar-refractivity contribution in [2.24, 2.45) is 17.3 Å². The second-order valence-corrected chi connectivity index (χ2v) is 9.82. The van der Waals surface area contributed by atoms with Crippen LogP contribution in [0.2, 0.25) is 0 Å². The van der Waals surface area contributed by atoms with Crippen molar-refractivity contribution in [3.05, 3.63) is 35.3 Å². The van der Waals surface area contributed by atoms with E-state index in [1.807, 2.05) is 25.9 Å². The summed E-state index contributed by atoms with van der Waals surface area (Å²) in [6.07, 6.45) is 4.66. The molecule has 3 saturated carbocycles. The maximum Gasteiger partial charge on any atom is 0.486 e. The van der Waals surface area contributed by atoms with Crippen molar-refractivity contribution in [3.63, 3.8) is 0 Å². The number of fused-ring (bicyclic) bond motifs is 1. The minimum Gasteiger partial charge on any atom is -0.462 e. The predicted molar refractivity (Wildman–Crippen MR) is 105 cm³/mol. The van der Waals surface area contributed by atoms with Crippen molar-refractivity contribution < 1.29 is 18.8 Å². The Bertz CT molecular complexity index is 802. The van der Waals surface area contributed by atoms with Gasteiger partial charge < -0.3 is 18.8 Å². The Hall–Kier alpha value is -1.30. The van der Waals surface area contributed by atoms with Crippen LogP contribution < -0.4 is 4.74 Å². The summed E-state index contributed by atoms with van der Waals surface area (Å²) >= 11 is 0. The van der Waals surface area contributed by atoms with Crippen LogP contribution in [0.5, 0.6) is 5.75 Å². The van der Waals surface area contributed by atoms with Gasteiger partial charge in [0.15, 0.2) is 0 Å². The van der Waals surface area contributed by atoms with Crippen LogP contribution in [0, 0.1) is 17.3 Å². The van der Waals surface area contributed by atoms with Crippen LogP contribution in [0.15, 0.2) is 24.2 Å². The van der Waals surface area contributed by atoms with Gasteiger partial charge in [0.2, 0.25) is 5.79 Å². The quantitative estimate of drug-likeness (QED) is 0.715. The van der Waals surface area contributed by atoms with Crippen LogP contribution in [-0.4, -0.2) is 24.6 Å². The largest absolute Gasteiger partial charge is 0.486 e. The van der Waals surface area contributed by atoms with Crippen LogP contribution in [0.25, 0.3) is 6.08 Å². The zero-order valence-electron chi connectivity index (χ0n) is 17.0. The van der Waals surface area contributed by atoms with Gasteiger partial charge in [-0.3, -0.25) is 0 Å². The van der Waals surface area contributed by atoms with Gasteiger partial charge in [-0.2, -0.15) is 0 Å². The number of ether oxygens (including phenoxy) is 2. The Kier molecular flexibility index (Phi) is 3.70. The minimum atomic E-state index is -0.605. The maximum absolute atomic E-state index is 6.47. The van der Waals surface area contributed by atoms with Gasteiger partial charge in [0.1, 0.15) is 5.75 Å². The Morgan fingerprint density at radius 3 is 2.70 bits per heavy atom. The number of hydrogen-bond acceptors (Lipinski definition) is 4. The van der Waals surface area contributed by atoms with E-state index in [9.17, 15) is 0 Å². The lowest BCUT2D eigenvalue weighted by atomic mass is 9.43. The van der Waals surface area contributed by atoms with E-state index in [0.717, 1.165) is 29.2 Å². The van der Waals surface area contributed by atoms with Crippen molar-refractivity contribution in [3.8, 4) is 5.75 Å². The molecule has 0 spiro atoms. The Balaban J connectivity index is 1.37. The summed E-state index contributed by atoms with van der Waals surface area (Å²) < 4.78 is 24.6. The van der Waals surface area contributed by atoms with Gasteiger partial charge in [-0.05, 0) is 37.0 Å². The van der Waals surface area contributed by atoms with Crippen LogP contribution >= 0.6 is 0 Å². The predicted octanol–water partition coefficient (Wildman–Crippen LogP) is 4.61. The van der Waals surface area contributed by atoms with E-state index in [4.69, 9.17) is 18.8 Å². The van der Waals surface area contributed by atoms with E-state index in [2.05, 4.69) is 39.0 Å². The summed E-state index contributed by atoms with van der Waals surface area (Å²) in [6.45, 7) is 11.5. The lowest BCUT2D eigenvalue weighted by Crippen LogP contribution is -2.65. The molecule has 0 aromatic heterocycles. The van der Waals surface area contributed by atoms with Gasteiger partial charge in [-0.25, -0.2) is 0 Å². The van der Waals surface area contributed by atoms with Crippen molar-refractivity contribution in [1.29, 1.82) is 0 Å². The van der Waals surface area contributed by atoms with Crippen LogP contribution in [0.1, 0.15) is 58.6 Å². The van der Waals surface area contributed by atoms with Gasteiger partial charge in [0.05, 0.1) is 18.3 Å². The van der Waals surface area contributed by atoms with E-state index in [-0.39, 0.29) is 18.8 Å². The molecule has 0 amide bonds. The normalized spacial score (nSPS) is 38.1. The van der Waals surface area contributed by atoms with Crippen LogP contribution in [-0.2, 0) is 20.7 Å². The molecule has 4 nitrogen and oxygen atoms in total. The molecule has 5 heteroatoms. The first-order valence-electron chi connectivity index (χ1n) is 10.2. The third kappa shape index (κ3) is 2.62. The molecule has 1 aromatic carbocycles. The summed E-state index contributed by atoms with van der Waals surface area (Å²) in [5, 5.41) is 0. The Morgan fingerprint density at radius 1 is 1.11 bits per heavy atom. The maximum atomic E-state index is 6.47. The SMILES string of the molecule is CC1(C)OCc2cccc(/C=C\B3OC4CC5CC(C5(C)C)[C@]4(C)O3)c2O1. The zero-order valence-corrected chi connectivity index (χ0v) is 17.0. The molecule has 0 radical (unpaired) electrons. The molecule has 1 aromatic rings. The first kappa shape index (κ1) is 17.8. The third-order valence-corrected chi connectivity index (χ3v) is 7.45. The molecule has 3 unspecified atom stereocenters. The van der Waals surface area contributed by atoms with E-state index in [0.29, 0.717) is 17.9 Å². The van der Waals surface area contributed by atoms with E-state index >= 15 is 0 Å². The van der Waals surface area contributed by atoms with Gasteiger partial charge in [0, 0.05) is 25.0 Å². The molecule has 144 valence electrons. The molecule has 1 saturated heterocycles. The van der Waals surface area contributed by atoms with E-state index < -0.39 is 5.79 Å². The van der Waals surface area contributed by atoms with Gasteiger partial charge in [0.25, 0.3) is 0 Å². The highest BCUT2D eigenvalue weighted by Crippen LogP contribution is 2.65. The lowest BCUT2D eigenvalue weighted by Gasteiger charge is -2.64. The molecule has 4 atom stereocenters. The fourth-order valence-electron chi connectivity index (χ4n) is 5.66. The smallest absolute Gasteiger partial charge is 0.462 e. The third-order valence-electron chi connectivity index (χ3n) is 7.45. The Labute approximate surface area is 162 Å². The lowest BCUT2D eigenvalue weighted by molar-refractivity contribution is -0.199. The molecule has 6 rings (SSSR count). The number of benzene rings is 1. The molecular formula is C22H29BO4. The zero-order chi connectivity index (χ0) is 19.0. The molecule has 5 aliphatic rings. The first-order chi connectivity index (χ1) is 12.7.